The van der Waals surface area contributed by atoms with Gasteiger partial charge in [-0.25, -0.2) is 0 Å². The molecule has 0 amide bonds. The van der Waals surface area contributed by atoms with Gasteiger partial charge in [-0.2, -0.15) is 0 Å². The zero-order valence-electron chi connectivity index (χ0n) is 8.62. The second-order valence-electron chi connectivity index (χ2n) is 3.37. The smallest absolute Gasteiger partial charge is 0.0159 e. The van der Waals surface area contributed by atoms with E-state index in [9.17, 15) is 0 Å². The Balaban J connectivity index is 0.00000169. The van der Waals surface area contributed by atoms with Crippen molar-refractivity contribution in [2.24, 2.45) is 0 Å². The predicted octanol–water partition coefficient (Wildman–Crippen LogP) is 2.82. The summed E-state index contributed by atoms with van der Waals surface area (Å²) in [5.41, 5.74) is 2.57. The maximum Gasteiger partial charge on any atom is 0.0159 e. The maximum atomic E-state index is 3.84. The maximum absolute atomic E-state index is 3.84. The van der Waals surface area contributed by atoms with Gasteiger partial charge in [-0.15, -0.1) is 12.4 Å². The van der Waals surface area contributed by atoms with Gasteiger partial charge >= 0.3 is 0 Å². The van der Waals surface area contributed by atoms with Gasteiger partial charge in [0.1, 0.15) is 0 Å². The first-order chi connectivity index (χ1) is 6.29. The van der Waals surface area contributed by atoms with Crippen molar-refractivity contribution in [2.75, 3.05) is 13.1 Å². The molecule has 0 saturated carbocycles. The lowest BCUT2D eigenvalue weighted by Crippen LogP contribution is -2.18. The van der Waals surface area contributed by atoms with Crippen molar-refractivity contribution < 1.29 is 0 Å². The van der Waals surface area contributed by atoms with E-state index in [1.54, 1.807) is 0 Å². The van der Waals surface area contributed by atoms with Crippen molar-refractivity contribution in [3.05, 3.63) is 48.0 Å². The predicted molar refractivity (Wildman–Crippen MR) is 65.1 cm³/mol. The van der Waals surface area contributed by atoms with Crippen LogP contribution in [0.15, 0.2) is 42.5 Å². The number of nitrogens with one attached hydrogen (secondary N) is 1. The Morgan fingerprint density at radius 2 is 1.93 bits per heavy atom. The first kappa shape index (κ1) is 13.2. The van der Waals surface area contributed by atoms with Crippen molar-refractivity contribution in [3.8, 4) is 0 Å². The summed E-state index contributed by atoms with van der Waals surface area (Å²) >= 11 is 0. The van der Waals surface area contributed by atoms with Crippen molar-refractivity contribution >= 4 is 12.4 Å². The molecule has 0 atom stereocenters. The van der Waals surface area contributed by atoms with E-state index < -0.39 is 0 Å². The van der Waals surface area contributed by atoms with E-state index in [0.717, 1.165) is 19.5 Å². The molecule has 0 unspecified atom stereocenters. The Kier molecular flexibility index (Phi) is 7.17. The number of hydrogen-bond donors (Lipinski definition) is 1. The summed E-state index contributed by atoms with van der Waals surface area (Å²) in [6.45, 7) is 7.82. The molecule has 0 fully saturated rings. The fraction of sp³-hybridized carbons (Fsp3) is 0.333. The van der Waals surface area contributed by atoms with Crippen LogP contribution in [0.2, 0.25) is 0 Å². The molecule has 1 aromatic rings. The molecule has 1 rings (SSSR count). The Morgan fingerprint density at radius 1 is 1.29 bits per heavy atom. The second kappa shape index (κ2) is 7.60. The monoisotopic (exact) mass is 211 g/mol. The highest BCUT2D eigenvalue weighted by molar-refractivity contribution is 5.85. The third-order valence-electron chi connectivity index (χ3n) is 1.86. The minimum Gasteiger partial charge on any atom is -0.313 e. The minimum atomic E-state index is 0. The van der Waals surface area contributed by atoms with Gasteiger partial charge in [-0.05, 0) is 25.5 Å². The zero-order chi connectivity index (χ0) is 9.52. The minimum absolute atomic E-state index is 0. The van der Waals surface area contributed by atoms with Gasteiger partial charge in [0.25, 0.3) is 0 Å². The summed E-state index contributed by atoms with van der Waals surface area (Å²) in [4.78, 5) is 0. The van der Waals surface area contributed by atoms with E-state index in [-0.39, 0.29) is 12.4 Å². The first-order valence-electron chi connectivity index (χ1n) is 4.68. The third kappa shape index (κ3) is 5.79. The van der Waals surface area contributed by atoms with Crippen molar-refractivity contribution in [2.45, 2.75) is 13.3 Å². The van der Waals surface area contributed by atoms with Crippen molar-refractivity contribution in [3.63, 3.8) is 0 Å². The Bertz CT molecular complexity index is 256. The highest BCUT2D eigenvalue weighted by atomic mass is 35.5. The van der Waals surface area contributed by atoms with Crippen LogP contribution in [0.1, 0.15) is 12.5 Å². The topological polar surface area (TPSA) is 12.0 Å². The average molecular weight is 212 g/mol. The fourth-order valence-corrected chi connectivity index (χ4v) is 1.18. The highest BCUT2D eigenvalue weighted by Gasteiger charge is 1.90. The molecule has 0 aromatic heterocycles. The number of halogens is 1. The van der Waals surface area contributed by atoms with Crippen molar-refractivity contribution in [1.29, 1.82) is 0 Å². The molecule has 2 heteroatoms. The molecule has 0 aliphatic rings. The van der Waals surface area contributed by atoms with E-state index >= 15 is 0 Å². The van der Waals surface area contributed by atoms with Crippen LogP contribution in [0.25, 0.3) is 0 Å². The van der Waals surface area contributed by atoms with Gasteiger partial charge in [-0.3, -0.25) is 0 Å². The molecular weight excluding hydrogens is 194 g/mol. The summed E-state index contributed by atoms with van der Waals surface area (Å²) in [6, 6.07) is 10.5. The third-order valence-corrected chi connectivity index (χ3v) is 1.86. The van der Waals surface area contributed by atoms with Crippen LogP contribution in [0.3, 0.4) is 0 Å². The molecule has 0 radical (unpaired) electrons. The van der Waals surface area contributed by atoms with Crippen LogP contribution < -0.4 is 5.32 Å². The largest absolute Gasteiger partial charge is 0.313 e. The van der Waals surface area contributed by atoms with Gasteiger partial charge < -0.3 is 5.32 Å². The van der Waals surface area contributed by atoms with Gasteiger partial charge in [0.05, 0.1) is 0 Å². The molecule has 14 heavy (non-hydrogen) atoms. The normalized spacial score (nSPS) is 9.21. The zero-order valence-corrected chi connectivity index (χ0v) is 9.44. The van der Waals surface area contributed by atoms with Crippen LogP contribution in [-0.2, 0) is 6.42 Å². The molecule has 1 N–H and O–H groups in total. The standard InChI is InChI=1S/C12H17N.ClH/c1-11(2)10-13-9-8-12-6-4-3-5-7-12;/h3-7,13H,1,8-10H2,2H3;1H. The second-order valence-corrected chi connectivity index (χ2v) is 3.37. The number of rotatable bonds is 5. The lowest BCUT2D eigenvalue weighted by Gasteiger charge is -2.03. The number of benzene rings is 1. The summed E-state index contributed by atoms with van der Waals surface area (Å²) < 4.78 is 0. The molecule has 0 aliphatic carbocycles. The SMILES string of the molecule is C=C(C)CNCCc1ccccc1.Cl. The van der Waals surface area contributed by atoms with Crippen LogP contribution in [0.5, 0.6) is 0 Å². The quantitative estimate of drug-likeness (QED) is 0.584. The summed E-state index contributed by atoms with van der Waals surface area (Å²) in [6.07, 6.45) is 1.09. The van der Waals surface area contributed by atoms with Crippen LogP contribution >= 0.6 is 12.4 Å². The van der Waals surface area contributed by atoms with E-state index in [2.05, 4.69) is 36.2 Å². The first-order valence-corrected chi connectivity index (χ1v) is 4.68. The lowest BCUT2D eigenvalue weighted by atomic mass is 10.1. The van der Waals surface area contributed by atoms with Crippen LogP contribution in [0.4, 0.5) is 0 Å². The lowest BCUT2D eigenvalue weighted by molar-refractivity contribution is 0.729. The molecular formula is C12H18ClN. The average Bonchev–Trinajstić information content (AvgIpc) is 2.14. The van der Waals surface area contributed by atoms with Gasteiger partial charge in [0, 0.05) is 6.54 Å². The van der Waals surface area contributed by atoms with E-state index in [1.165, 1.54) is 11.1 Å². The summed E-state index contributed by atoms with van der Waals surface area (Å²) in [5, 5.41) is 3.33. The van der Waals surface area contributed by atoms with Gasteiger partial charge in [-0.1, -0.05) is 42.5 Å². The molecule has 0 saturated heterocycles. The van der Waals surface area contributed by atoms with E-state index in [1.807, 2.05) is 13.0 Å². The van der Waals surface area contributed by atoms with E-state index in [4.69, 9.17) is 0 Å². The molecule has 0 spiro atoms. The Labute approximate surface area is 92.6 Å². The summed E-state index contributed by atoms with van der Waals surface area (Å²) in [7, 11) is 0. The van der Waals surface area contributed by atoms with Crippen molar-refractivity contribution in [1.82, 2.24) is 5.32 Å². The van der Waals surface area contributed by atoms with Gasteiger partial charge in [0.2, 0.25) is 0 Å². The van der Waals surface area contributed by atoms with Crippen LogP contribution in [0, 0.1) is 0 Å². The molecule has 1 nitrogen and oxygen atoms in total. The fourth-order valence-electron chi connectivity index (χ4n) is 1.18. The molecule has 0 heterocycles. The Morgan fingerprint density at radius 3 is 2.50 bits per heavy atom. The number of hydrogen-bond acceptors (Lipinski definition) is 1. The highest BCUT2D eigenvalue weighted by Crippen LogP contribution is 1.98. The molecule has 1 aromatic carbocycles. The Hall–Kier alpha value is -0.790. The summed E-state index contributed by atoms with van der Waals surface area (Å²) in [5.74, 6) is 0. The molecule has 78 valence electrons. The van der Waals surface area contributed by atoms with E-state index in [0.29, 0.717) is 0 Å². The van der Waals surface area contributed by atoms with Gasteiger partial charge in [0.15, 0.2) is 0 Å². The molecule has 0 bridgehead atoms. The van der Waals surface area contributed by atoms with Crippen LogP contribution in [-0.4, -0.2) is 13.1 Å². The molecule has 0 aliphatic heterocycles.